The van der Waals surface area contributed by atoms with E-state index in [4.69, 9.17) is 9.47 Å². The van der Waals surface area contributed by atoms with Crippen LogP contribution in [0.15, 0.2) is 53.3 Å². The average molecular weight is 244 g/mol. The van der Waals surface area contributed by atoms with Crippen molar-refractivity contribution in [3.63, 3.8) is 0 Å². The Hall–Kier alpha value is -2.03. The minimum absolute atomic E-state index is 0.125. The molecule has 0 amide bonds. The molecule has 1 atom stereocenters. The molecular weight excluding hydrogens is 228 g/mol. The number of rotatable bonds is 2. The van der Waals surface area contributed by atoms with Gasteiger partial charge in [0.05, 0.1) is 12.7 Å². The minimum Gasteiger partial charge on any atom is -0.485 e. The van der Waals surface area contributed by atoms with Gasteiger partial charge in [0, 0.05) is 0 Å². The lowest BCUT2D eigenvalue weighted by molar-refractivity contribution is -0.136. The molecule has 3 heteroatoms. The largest absolute Gasteiger partial charge is 0.485 e. The van der Waals surface area contributed by atoms with E-state index in [1.165, 1.54) is 7.11 Å². The first-order valence-electron chi connectivity index (χ1n) is 5.82. The molecule has 0 saturated carbocycles. The van der Waals surface area contributed by atoms with Crippen LogP contribution in [-0.4, -0.2) is 13.1 Å². The number of hydrogen-bond acceptors (Lipinski definition) is 3. The number of hydrogen-bond donors (Lipinski definition) is 0. The summed E-state index contributed by atoms with van der Waals surface area (Å²) in [6.45, 7) is 3.73. The van der Waals surface area contributed by atoms with Crippen molar-refractivity contribution >= 4 is 5.97 Å². The van der Waals surface area contributed by atoms with Crippen LogP contribution in [0.5, 0.6) is 0 Å². The van der Waals surface area contributed by atoms with Crippen molar-refractivity contribution < 1.29 is 14.3 Å². The van der Waals surface area contributed by atoms with Crippen molar-refractivity contribution in [2.45, 2.75) is 20.0 Å². The van der Waals surface area contributed by atoms with Gasteiger partial charge in [-0.3, -0.25) is 0 Å². The number of allylic oxidation sites excluding steroid dienone is 1. The maximum Gasteiger partial charge on any atom is 0.341 e. The first-order valence-corrected chi connectivity index (χ1v) is 5.82. The molecule has 0 aliphatic carbocycles. The topological polar surface area (TPSA) is 35.5 Å². The van der Waals surface area contributed by atoms with Gasteiger partial charge in [0.2, 0.25) is 0 Å². The van der Waals surface area contributed by atoms with Crippen LogP contribution in [0.25, 0.3) is 0 Å². The monoisotopic (exact) mass is 244 g/mol. The van der Waals surface area contributed by atoms with Gasteiger partial charge in [0.15, 0.2) is 0 Å². The quantitative estimate of drug-likeness (QED) is 0.750. The summed E-state index contributed by atoms with van der Waals surface area (Å²) in [5.41, 5.74) is 2.56. The van der Waals surface area contributed by atoms with Crippen molar-refractivity contribution in [2.24, 2.45) is 0 Å². The highest BCUT2D eigenvalue weighted by atomic mass is 16.5. The van der Waals surface area contributed by atoms with Gasteiger partial charge in [-0.1, -0.05) is 30.3 Å². The normalized spacial score (nSPS) is 19.1. The van der Waals surface area contributed by atoms with Crippen molar-refractivity contribution in [1.29, 1.82) is 0 Å². The van der Waals surface area contributed by atoms with Gasteiger partial charge in [0.25, 0.3) is 0 Å². The molecule has 1 aromatic carbocycles. The zero-order valence-corrected chi connectivity index (χ0v) is 10.8. The predicted molar refractivity (Wildman–Crippen MR) is 68.7 cm³/mol. The van der Waals surface area contributed by atoms with Gasteiger partial charge >= 0.3 is 5.97 Å². The summed E-state index contributed by atoms with van der Waals surface area (Å²) in [5, 5.41) is 0. The third-order valence-corrected chi connectivity index (χ3v) is 2.97. The summed E-state index contributed by atoms with van der Waals surface area (Å²) in [4.78, 5) is 11.6. The fraction of sp³-hybridized carbons (Fsp3) is 0.267. The Morgan fingerprint density at radius 2 is 1.89 bits per heavy atom. The highest BCUT2D eigenvalue weighted by Crippen LogP contribution is 2.34. The zero-order valence-electron chi connectivity index (χ0n) is 10.8. The van der Waals surface area contributed by atoms with Crippen LogP contribution in [0.4, 0.5) is 0 Å². The summed E-state index contributed by atoms with van der Waals surface area (Å²) in [5.74, 6) is 0.236. The van der Waals surface area contributed by atoms with Crippen LogP contribution >= 0.6 is 0 Å². The highest BCUT2D eigenvalue weighted by Gasteiger charge is 2.24. The van der Waals surface area contributed by atoms with E-state index >= 15 is 0 Å². The molecule has 94 valence electrons. The van der Waals surface area contributed by atoms with Gasteiger partial charge in [-0.2, -0.15) is 0 Å². The summed E-state index contributed by atoms with van der Waals surface area (Å²) in [6.07, 6.45) is 1.71. The van der Waals surface area contributed by atoms with Crippen LogP contribution in [0, 0.1) is 0 Å². The fourth-order valence-corrected chi connectivity index (χ4v) is 2.01. The Morgan fingerprint density at radius 1 is 1.22 bits per heavy atom. The average Bonchev–Trinajstić information content (AvgIpc) is 2.41. The molecule has 1 heterocycles. The first kappa shape index (κ1) is 12.4. The number of benzene rings is 1. The van der Waals surface area contributed by atoms with Crippen molar-refractivity contribution in [1.82, 2.24) is 0 Å². The molecule has 18 heavy (non-hydrogen) atoms. The van der Waals surface area contributed by atoms with Crippen LogP contribution in [0.2, 0.25) is 0 Å². The molecule has 0 saturated heterocycles. The first-order chi connectivity index (χ1) is 8.63. The number of carbonyl (C=O) groups is 1. The zero-order chi connectivity index (χ0) is 13.1. The number of ether oxygens (including phenoxy) is 2. The Balaban J connectivity index is 2.31. The molecular formula is C15H16O3. The van der Waals surface area contributed by atoms with E-state index in [1.807, 2.05) is 43.3 Å². The van der Waals surface area contributed by atoms with E-state index in [9.17, 15) is 4.79 Å². The number of carbonyl (C=O) groups excluding carboxylic acids is 1. The Bertz CT molecular complexity index is 512. The lowest BCUT2D eigenvalue weighted by Gasteiger charge is -2.26. The Labute approximate surface area is 107 Å². The van der Waals surface area contributed by atoms with Gasteiger partial charge < -0.3 is 9.47 Å². The van der Waals surface area contributed by atoms with Crippen molar-refractivity contribution in [3.8, 4) is 0 Å². The maximum atomic E-state index is 11.6. The summed E-state index contributed by atoms with van der Waals surface area (Å²) < 4.78 is 10.6. The molecule has 1 aliphatic rings. The van der Waals surface area contributed by atoms with Crippen LogP contribution in [0.1, 0.15) is 25.5 Å². The SMILES string of the molecule is COC(=O)C1=C(C)OC(c2ccccc2)C(C)=C1. The minimum atomic E-state index is -0.363. The summed E-state index contributed by atoms with van der Waals surface area (Å²) in [6, 6.07) is 9.94. The smallest absolute Gasteiger partial charge is 0.341 e. The van der Waals surface area contributed by atoms with Crippen molar-refractivity contribution in [2.75, 3.05) is 7.11 Å². The number of esters is 1. The van der Waals surface area contributed by atoms with E-state index in [2.05, 4.69) is 0 Å². The predicted octanol–water partition coefficient (Wildman–Crippen LogP) is 3.15. The van der Waals surface area contributed by atoms with E-state index in [0.29, 0.717) is 11.3 Å². The molecule has 1 aromatic rings. The van der Waals surface area contributed by atoms with E-state index < -0.39 is 0 Å². The lowest BCUT2D eigenvalue weighted by Crippen LogP contribution is -2.15. The Kier molecular flexibility index (Phi) is 3.51. The molecule has 1 unspecified atom stereocenters. The van der Waals surface area contributed by atoms with Crippen molar-refractivity contribution in [3.05, 3.63) is 58.9 Å². The molecule has 2 rings (SSSR count). The standard InChI is InChI=1S/C15H16O3/c1-10-9-13(15(16)17-3)11(2)18-14(10)12-7-5-4-6-8-12/h4-9,14H,1-3H3. The maximum absolute atomic E-state index is 11.6. The molecule has 0 aromatic heterocycles. The van der Waals surface area contributed by atoms with Gasteiger partial charge in [-0.05, 0) is 31.1 Å². The van der Waals surface area contributed by atoms with Crippen LogP contribution in [0.3, 0.4) is 0 Å². The Morgan fingerprint density at radius 3 is 2.50 bits per heavy atom. The summed E-state index contributed by atoms with van der Waals surface area (Å²) >= 11 is 0. The lowest BCUT2D eigenvalue weighted by atomic mass is 9.98. The second-order valence-electron chi connectivity index (χ2n) is 4.26. The van der Waals surface area contributed by atoms with E-state index in [-0.39, 0.29) is 12.1 Å². The van der Waals surface area contributed by atoms with Gasteiger partial charge in [-0.15, -0.1) is 0 Å². The third-order valence-electron chi connectivity index (χ3n) is 2.97. The second-order valence-corrected chi connectivity index (χ2v) is 4.26. The number of methoxy groups -OCH3 is 1. The molecule has 3 nitrogen and oxygen atoms in total. The van der Waals surface area contributed by atoms with Gasteiger partial charge in [0.1, 0.15) is 11.9 Å². The molecule has 0 bridgehead atoms. The van der Waals surface area contributed by atoms with Gasteiger partial charge in [-0.25, -0.2) is 4.79 Å². The van der Waals surface area contributed by atoms with Crippen LogP contribution < -0.4 is 0 Å². The van der Waals surface area contributed by atoms with E-state index in [1.54, 1.807) is 6.92 Å². The molecule has 0 radical (unpaired) electrons. The molecule has 0 N–H and O–H groups in total. The second kappa shape index (κ2) is 5.08. The summed E-state index contributed by atoms with van der Waals surface area (Å²) in [7, 11) is 1.37. The fourth-order valence-electron chi connectivity index (χ4n) is 2.01. The third kappa shape index (κ3) is 2.30. The highest BCUT2D eigenvalue weighted by molar-refractivity contribution is 5.92. The van der Waals surface area contributed by atoms with E-state index in [0.717, 1.165) is 11.1 Å². The van der Waals surface area contributed by atoms with Crippen LogP contribution in [-0.2, 0) is 14.3 Å². The molecule has 0 spiro atoms. The molecule has 0 fully saturated rings. The molecule has 1 aliphatic heterocycles.